The number of methoxy groups -OCH3 is 1. The third kappa shape index (κ3) is 6.20. The van der Waals surface area contributed by atoms with Gasteiger partial charge in [-0.2, -0.15) is 0 Å². The van der Waals surface area contributed by atoms with E-state index in [1.807, 2.05) is 0 Å². The number of sulfone groups is 1. The van der Waals surface area contributed by atoms with Crippen molar-refractivity contribution >= 4 is 45.0 Å². The van der Waals surface area contributed by atoms with Gasteiger partial charge in [-0.05, 0) is 62.6 Å². The molecule has 0 aliphatic heterocycles. The molecule has 228 valence electrons. The number of hydrogen-bond acceptors (Lipinski definition) is 7. The number of halogens is 4. The normalized spacial score (nSPS) is 24.0. The summed E-state index contributed by atoms with van der Waals surface area (Å²) in [4.78, 5) is 36.2. The first kappa shape index (κ1) is 31.6. The highest BCUT2D eigenvalue weighted by atomic mass is 35.5. The second kappa shape index (κ2) is 12.1. The van der Waals surface area contributed by atoms with Gasteiger partial charge >= 0.3 is 6.09 Å². The summed E-state index contributed by atoms with van der Waals surface area (Å²) in [5.41, 5.74) is -1.91. The summed E-state index contributed by atoms with van der Waals surface area (Å²) < 4.78 is 72.3. The van der Waals surface area contributed by atoms with Gasteiger partial charge < -0.3 is 25.8 Å². The van der Waals surface area contributed by atoms with Crippen LogP contribution in [0.25, 0.3) is 0 Å². The van der Waals surface area contributed by atoms with Crippen LogP contribution in [0.1, 0.15) is 43.0 Å². The molecule has 0 aromatic heterocycles. The van der Waals surface area contributed by atoms with Crippen molar-refractivity contribution in [1.29, 1.82) is 0 Å². The highest BCUT2D eigenvalue weighted by Gasteiger charge is 2.55. The SMILES string of the molecule is COC(=O)N[C@@H](C)C(=O)NCC1(O)C2CC[C@H]1CC(S(=O)(=O)c1cc(C(=O)Nc3cc(F)c(F)c(F)c3)ccc1Cl)C2. The first-order valence-electron chi connectivity index (χ1n) is 13.0. The van der Waals surface area contributed by atoms with Gasteiger partial charge in [-0.3, -0.25) is 9.59 Å². The lowest BCUT2D eigenvalue weighted by Gasteiger charge is -2.42. The van der Waals surface area contributed by atoms with Crippen LogP contribution in [0.2, 0.25) is 5.02 Å². The number of hydrogen-bond donors (Lipinski definition) is 4. The lowest BCUT2D eigenvalue weighted by Crippen LogP contribution is -2.56. The fraction of sp³-hybridized carbons (Fsp3) is 0.444. The van der Waals surface area contributed by atoms with E-state index in [4.69, 9.17) is 11.6 Å². The van der Waals surface area contributed by atoms with Crippen LogP contribution in [0.5, 0.6) is 0 Å². The van der Waals surface area contributed by atoms with E-state index < -0.39 is 73.9 Å². The van der Waals surface area contributed by atoms with Gasteiger partial charge in [-0.25, -0.2) is 26.4 Å². The highest BCUT2D eigenvalue weighted by Crippen LogP contribution is 2.52. The summed E-state index contributed by atoms with van der Waals surface area (Å²) in [5.74, 6) is -7.10. The minimum atomic E-state index is -4.12. The molecular weight excluding hydrogens is 603 g/mol. The first-order valence-corrected chi connectivity index (χ1v) is 14.9. The lowest BCUT2D eigenvalue weighted by molar-refractivity contribution is -0.125. The molecule has 4 N–H and O–H groups in total. The van der Waals surface area contributed by atoms with Gasteiger partial charge in [-0.15, -0.1) is 0 Å². The van der Waals surface area contributed by atoms with E-state index in [0.29, 0.717) is 25.0 Å². The fourth-order valence-electron chi connectivity index (χ4n) is 5.71. The monoisotopic (exact) mass is 631 g/mol. The number of carbonyl (C=O) groups excluding carboxylic acids is 3. The van der Waals surface area contributed by atoms with Gasteiger partial charge in [0.2, 0.25) is 5.91 Å². The van der Waals surface area contributed by atoms with Crippen LogP contribution in [-0.2, 0) is 19.4 Å². The van der Waals surface area contributed by atoms with Crippen molar-refractivity contribution in [2.45, 2.75) is 54.4 Å². The molecule has 10 nitrogen and oxygen atoms in total. The smallest absolute Gasteiger partial charge is 0.407 e. The van der Waals surface area contributed by atoms with Crippen molar-refractivity contribution in [2.24, 2.45) is 11.8 Å². The van der Waals surface area contributed by atoms with Crippen LogP contribution in [0.15, 0.2) is 35.2 Å². The minimum Gasteiger partial charge on any atom is -0.453 e. The summed E-state index contributed by atoms with van der Waals surface area (Å²) in [6.07, 6.45) is 0.407. The maximum atomic E-state index is 13.7. The average Bonchev–Trinajstić information content (AvgIpc) is 3.09. The van der Waals surface area contributed by atoms with Crippen molar-refractivity contribution in [3.63, 3.8) is 0 Å². The first-order chi connectivity index (χ1) is 19.7. The molecule has 5 atom stereocenters. The quantitative estimate of drug-likeness (QED) is 0.325. The largest absolute Gasteiger partial charge is 0.453 e. The van der Waals surface area contributed by atoms with Gasteiger partial charge in [-0.1, -0.05) is 11.6 Å². The molecule has 0 heterocycles. The van der Waals surface area contributed by atoms with E-state index in [9.17, 15) is 41.1 Å². The molecule has 2 aliphatic rings. The van der Waals surface area contributed by atoms with Crippen LogP contribution in [0.3, 0.4) is 0 Å². The van der Waals surface area contributed by atoms with Crippen molar-refractivity contribution in [3.05, 3.63) is 58.4 Å². The molecule has 42 heavy (non-hydrogen) atoms. The molecule has 0 spiro atoms. The third-order valence-corrected chi connectivity index (χ3v) is 10.7. The molecule has 2 aromatic rings. The molecular formula is C27H29ClF3N3O7S. The topological polar surface area (TPSA) is 151 Å². The minimum absolute atomic E-state index is 0.0715. The van der Waals surface area contributed by atoms with Crippen LogP contribution >= 0.6 is 11.6 Å². The standard InChI is InChI=1S/C27H29ClF3N3O7S/c1-13(33-26(37)41-2)24(35)32-12-27(38)15-4-5-16(27)9-18(8-15)42(39,40)22-7-14(3-6-19(22)28)25(36)34-17-10-20(29)23(31)21(30)11-17/h3,6-7,10-11,13,15-16,18,38H,4-5,8-9,12H2,1-2H3,(H,32,35)(H,33,37)(H,34,36)/t13-,15-,16?,18?,27?/m0/s1. The number of aliphatic hydroxyl groups is 1. The predicted molar refractivity (Wildman–Crippen MR) is 145 cm³/mol. The van der Waals surface area contributed by atoms with Crippen molar-refractivity contribution < 1.29 is 45.8 Å². The van der Waals surface area contributed by atoms with Crippen molar-refractivity contribution in [3.8, 4) is 0 Å². The van der Waals surface area contributed by atoms with Gasteiger partial charge in [0.05, 0.1) is 27.9 Å². The van der Waals surface area contributed by atoms with Crippen molar-refractivity contribution in [1.82, 2.24) is 10.6 Å². The Bertz CT molecular complexity index is 1490. The second-order valence-corrected chi connectivity index (χ2v) is 13.1. The molecule has 2 fully saturated rings. The maximum absolute atomic E-state index is 13.7. The fourth-order valence-corrected chi connectivity index (χ4v) is 8.11. The number of anilines is 1. The van der Waals surface area contributed by atoms with Gasteiger partial charge in [0, 0.05) is 29.9 Å². The lowest BCUT2D eigenvalue weighted by atomic mass is 9.74. The molecule has 2 bridgehead atoms. The summed E-state index contributed by atoms with van der Waals surface area (Å²) in [6, 6.07) is 3.74. The molecule has 15 heteroatoms. The average molecular weight is 632 g/mol. The van der Waals surface area contributed by atoms with Crippen LogP contribution in [0.4, 0.5) is 23.7 Å². The summed E-state index contributed by atoms with van der Waals surface area (Å²) in [7, 11) is -2.96. The zero-order chi connectivity index (χ0) is 31.0. The number of benzene rings is 2. The summed E-state index contributed by atoms with van der Waals surface area (Å²) in [6.45, 7) is 1.31. The van der Waals surface area contributed by atoms with Crippen LogP contribution < -0.4 is 16.0 Å². The van der Waals surface area contributed by atoms with E-state index >= 15 is 0 Å². The van der Waals surface area contributed by atoms with Crippen molar-refractivity contribution in [2.75, 3.05) is 19.0 Å². The van der Waals surface area contributed by atoms with Gasteiger partial charge in [0.15, 0.2) is 27.3 Å². The Hall–Kier alpha value is -3.36. The molecule has 4 rings (SSSR count). The number of carbonyl (C=O) groups is 3. The maximum Gasteiger partial charge on any atom is 0.407 e. The predicted octanol–water partition coefficient (Wildman–Crippen LogP) is 3.56. The van der Waals surface area contributed by atoms with Gasteiger partial charge in [0.25, 0.3) is 5.91 Å². The van der Waals surface area contributed by atoms with E-state index in [0.717, 1.165) is 13.2 Å². The van der Waals surface area contributed by atoms with Crippen LogP contribution in [-0.4, -0.2) is 62.0 Å². The Kier molecular flexibility index (Phi) is 9.09. The van der Waals surface area contributed by atoms with E-state index in [1.54, 1.807) is 0 Å². The Morgan fingerprint density at radius 3 is 2.26 bits per heavy atom. The van der Waals surface area contributed by atoms with Crippen LogP contribution in [0, 0.1) is 29.3 Å². The second-order valence-electron chi connectivity index (χ2n) is 10.5. The van der Waals surface area contributed by atoms with E-state index in [-0.39, 0.29) is 40.6 Å². The molecule has 0 radical (unpaired) electrons. The molecule has 2 saturated carbocycles. The summed E-state index contributed by atoms with van der Waals surface area (Å²) >= 11 is 6.24. The number of rotatable bonds is 8. The summed E-state index contributed by atoms with van der Waals surface area (Å²) in [5, 5.41) is 17.5. The Balaban J connectivity index is 1.48. The Labute approximate surface area is 244 Å². The molecule has 3 amide bonds. The zero-order valence-electron chi connectivity index (χ0n) is 22.5. The Morgan fingerprint density at radius 1 is 1.10 bits per heavy atom. The number of nitrogens with one attached hydrogen (secondary N) is 3. The highest BCUT2D eigenvalue weighted by molar-refractivity contribution is 7.92. The zero-order valence-corrected chi connectivity index (χ0v) is 24.1. The number of amides is 3. The molecule has 3 unspecified atom stereocenters. The van der Waals surface area contributed by atoms with Gasteiger partial charge in [0.1, 0.15) is 6.04 Å². The van der Waals surface area contributed by atoms with E-state index in [1.165, 1.54) is 19.1 Å². The molecule has 0 saturated heterocycles. The van der Waals surface area contributed by atoms with E-state index in [2.05, 4.69) is 20.7 Å². The molecule has 2 aromatic carbocycles. The number of fused-ring (bicyclic) bond motifs is 2. The Morgan fingerprint density at radius 2 is 1.69 bits per heavy atom. The number of ether oxygens (including phenoxy) is 1. The molecule has 2 aliphatic carbocycles. The number of alkyl carbamates (subject to hydrolysis) is 1. The third-order valence-electron chi connectivity index (χ3n) is 8.01.